The summed E-state index contributed by atoms with van der Waals surface area (Å²) >= 11 is 0. The standard InChI is InChI=1S/C14H18F3N5.HI/c1-10-4-3-5-12-21-11(9-22(10)12)8-20-13(18-2)19-7-6-14(15,16)17;/h3-5,9H,6-8H2,1-2H3,(H2,18,19,20);1H. The minimum atomic E-state index is -4.18. The van der Waals surface area contributed by atoms with Gasteiger partial charge in [-0.25, -0.2) is 4.98 Å². The Hall–Kier alpha value is -1.52. The molecule has 0 saturated heterocycles. The van der Waals surface area contributed by atoms with E-state index in [1.54, 1.807) is 0 Å². The number of fused-ring (bicyclic) bond motifs is 1. The Morgan fingerprint density at radius 1 is 1.30 bits per heavy atom. The number of hydrogen-bond acceptors (Lipinski definition) is 2. The molecule has 0 aliphatic heterocycles. The monoisotopic (exact) mass is 441 g/mol. The quantitative estimate of drug-likeness (QED) is 0.436. The summed E-state index contributed by atoms with van der Waals surface area (Å²) in [4.78, 5) is 8.32. The van der Waals surface area contributed by atoms with Gasteiger partial charge in [0, 0.05) is 25.5 Å². The van der Waals surface area contributed by atoms with Gasteiger partial charge in [0.15, 0.2) is 5.96 Å². The van der Waals surface area contributed by atoms with Crippen LogP contribution in [0.3, 0.4) is 0 Å². The highest BCUT2D eigenvalue weighted by Gasteiger charge is 2.26. The van der Waals surface area contributed by atoms with Crippen LogP contribution in [0.15, 0.2) is 29.4 Å². The van der Waals surface area contributed by atoms with Crippen LogP contribution in [0.2, 0.25) is 0 Å². The average Bonchev–Trinajstić information content (AvgIpc) is 2.86. The predicted molar refractivity (Wildman–Crippen MR) is 94.2 cm³/mol. The van der Waals surface area contributed by atoms with Crippen molar-refractivity contribution in [1.29, 1.82) is 0 Å². The second-order valence-electron chi connectivity index (χ2n) is 4.85. The predicted octanol–water partition coefficient (Wildman–Crippen LogP) is 2.88. The van der Waals surface area contributed by atoms with Gasteiger partial charge in [-0.1, -0.05) is 6.07 Å². The molecule has 2 N–H and O–H groups in total. The van der Waals surface area contributed by atoms with Gasteiger partial charge >= 0.3 is 6.18 Å². The third-order valence-electron chi connectivity index (χ3n) is 3.11. The SMILES string of the molecule is CN=C(NCCC(F)(F)F)NCc1cn2c(C)cccc2n1.I. The number of nitrogens with zero attached hydrogens (tertiary/aromatic N) is 3. The molecular formula is C14H19F3IN5. The van der Waals surface area contributed by atoms with Crippen molar-refractivity contribution in [3.8, 4) is 0 Å². The van der Waals surface area contributed by atoms with Gasteiger partial charge in [0.05, 0.1) is 18.7 Å². The lowest BCUT2D eigenvalue weighted by atomic mass is 10.4. The van der Waals surface area contributed by atoms with E-state index in [0.717, 1.165) is 17.0 Å². The topological polar surface area (TPSA) is 53.7 Å². The van der Waals surface area contributed by atoms with E-state index in [9.17, 15) is 13.2 Å². The molecule has 0 bridgehead atoms. The van der Waals surface area contributed by atoms with Crippen LogP contribution < -0.4 is 10.6 Å². The molecule has 2 aromatic rings. The molecule has 0 unspecified atom stereocenters. The maximum Gasteiger partial charge on any atom is 0.390 e. The zero-order valence-corrected chi connectivity index (χ0v) is 15.1. The number of imidazole rings is 1. The van der Waals surface area contributed by atoms with E-state index in [1.165, 1.54) is 7.05 Å². The van der Waals surface area contributed by atoms with Gasteiger partial charge < -0.3 is 15.0 Å². The fourth-order valence-electron chi connectivity index (χ4n) is 2.00. The first kappa shape index (κ1) is 19.5. The van der Waals surface area contributed by atoms with Crippen LogP contribution in [-0.4, -0.2) is 35.1 Å². The van der Waals surface area contributed by atoms with Crippen LogP contribution in [0, 0.1) is 6.92 Å². The molecule has 23 heavy (non-hydrogen) atoms. The lowest BCUT2D eigenvalue weighted by Crippen LogP contribution is -2.38. The summed E-state index contributed by atoms with van der Waals surface area (Å²) in [5.74, 6) is 0.318. The molecule has 128 valence electrons. The van der Waals surface area contributed by atoms with Crippen LogP contribution in [0.5, 0.6) is 0 Å². The summed E-state index contributed by atoms with van der Waals surface area (Å²) in [6, 6.07) is 5.79. The molecule has 9 heteroatoms. The van der Waals surface area contributed by atoms with E-state index in [4.69, 9.17) is 0 Å². The average molecular weight is 441 g/mol. The second-order valence-corrected chi connectivity index (χ2v) is 4.85. The van der Waals surface area contributed by atoms with Crippen molar-refractivity contribution in [2.24, 2.45) is 4.99 Å². The van der Waals surface area contributed by atoms with Crippen LogP contribution in [0.25, 0.3) is 5.65 Å². The molecule has 0 aliphatic rings. The molecule has 0 radical (unpaired) electrons. The van der Waals surface area contributed by atoms with Gasteiger partial charge in [-0.05, 0) is 19.1 Å². The number of alkyl halides is 3. The minimum Gasteiger partial charge on any atom is -0.356 e. The molecule has 2 heterocycles. The molecule has 0 amide bonds. The summed E-state index contributed by atoms with van der Waals surface area (Å²) in [6.45, 7) is 2.14. The van der Waals surface area contributed by atoms with Crippen molar-refractivity contribution < 1.29 is 13.2 Å². The van der Waals surface area contributed by atoms with Crippen molar-refractivity contribution in [2.75, 3.05) is 13.6 Å². The minimum absolute atomic E-state index is 0. The Balaban J connectivity index is 0.00000264. The highest BCUT2D eigenvalue weighted by Crippen LogP contribution is 2.18. The molecule has 5 nitrogen and oxygen atoms in total. The van der Waals surface area contributed by atoms with Crippen LogP contribution in [0.1, 0.15) is 17.8 Å². The van der Waals surface area contributed by atoms with Crippen LogP contribution >= 0.6 is 24.0 Å². The largest absolute Gasteiger partial charge is 0.390 e. The van der Waals surface area contributed by atoms with E-state index in [0.29, 0.717) is 12.5 Å². The fraction of sp³-hybridized carbons (Fsp3) is 0.429. The Morgan fingerprint density at radius 2 is 2.04 bits per heavy atom. The van der Waals surface area contributed by atoms with Crippen molar-refractivity contribution in [2.45, 2.75) is 26.1 Å². The van der Waals surface area contributed by atoms with E-state index < -0.39 is 12.6 Å². The van der Waals surface area contributed by atoms with E-state index >= 15 is 0 Å². The summed E-state index contributed by atoms with van der Waals surface area (Å²) in [6.07, 6.45) is -3.19. The molecule has 0 fully saturated rings. The molecule has 0 spiro atoms. The number of rotatable bonds is 4. The van der Waals surface area contributed by atoms with Gasteiger partial charge in [-0.2, -0.15) is 13.2 Å². The zero-order valence-electron chi connectivity index (χ0n) is 12.8. The van der Waals surface area contributed by atoms with Crippen LogP contribution in [0.4, 0.5) is 13.2 Å². The normalized spacial score (nSPS) is 12.1. The lowest BCUT2D eigenvalue weighted by molar-refractivity contribution is -0.132. The molecule has 2 rings (SSSR count). The number of aromatic nitrogens is 2. The van der Waals surface area contributed by atoms with E-state index in [1.807, 2.05) is 35.7 Å². The van der Waals surface area contributed by atoms with Crippen LogP contribution in [-0.2, 0) is 6.54 Å². The zero-order chi connectivity index (χ0) is 16.2. The first-order valence-electron chi connectivity index (χ1n) is 6.84. The first-order valence-corrected chi connectivity index (χ1v) is 6.84. The molecule has 0 aromatic carbocycles. The van der Waals surface area contributed by atoms with E-state index in [-0.39, 0.29) is 30.5 Å². The number of aliphatic imine (C=N–C) groups is 1. The highest BCUT2D eigenvalue weighted by atomic mass is 127. The maximum atomic E-state index is 12.1. The fourth-order valence-corrected chi connectivity index (χ4v) is 2.00. The first-order chi connectivity index (χ1) is 10.4. The number of guanidine groups is 1. The molecule has 0 atom stereocenters. The maximum absolute atomic E-state index is 12.1. The van der Waals surface area contributed by atoms with Gasteiger partial charge in [0.1, 0.15) is 5.65 Å². The summed E-state index contributed by atoms with van der Waals surface area (Å²) in [5, 5.41) is 5.57. The number of pyridine rings is 1. The molecule has 2 aromatic heterocycles. The Labute approximate surface area is 149 Å². The Bertz CT molecular complexity index is 666. The van der Waals surface area contributed by atoms with E-state index in [2.05, 4.69) is 20.6 Å². The van der Waals surface area contributed by atoms with Gasteiger partial charge in [0.2, 0.25) is 0 Å². The summed E-state index contributed by atoms with van der Waals surface area (Å²) in [5.41, 5.74) is 2.67. The number of halogens is 4. The summed E-state index contributed by atoms with van der Waals surface area (Å²) < 4.78 is 38.3. The van der Waals surface area contributed by atoms with Gasteiger partial charge in [0.25, 0.3) is 0 Å². The van der Waals surface area contributed by atoms with Gasteiger partial charge in [-0.15, -0.1) is 24.0 Å². The number of aryl methyl sites for hydroxylation is 1. The summed E-state index contributed by atoms with van der Waals surface area (Å²) in [7, 11) is 1.51. The molecule has 0 saturated carbocycles. The number of nitrogens with one attached hydrogen (secondary N) is 2. The molecule has 0 aliphatic carbocycles. The smallest absolute Gasteiger partial charge is 0.356 e. The molecular weight excluding hydrogens is 422 g/mol. The van der Waals surface area contributed by atoms with Crippen molar-refractivity contribution in [3.05, 3.63) is 35.8 Å². The second kappa shape index (κ2) is 8.37. The number of hydrogen-bond donors (Lipinski definition) is 2. The highest BCUT2D eigenvalue weighted by molar-refractivity contribution is 14.0. The Morgan fingerprint density at radius 3 is 2.65 bits per heavy atom. The van der Waals surface area contributed by atoms with Crippen molar-refractivity contribution in [3.63, 3.8) is 0 Å². The lowest BCUT2D eigenvalue weighted by Gasteiger charge is -2.12. The third kappa shape index (κ3) is 5.88. The van der Waals surface area contributed by atoms with Crippen molar-refractivity contribution >= 4 is 35.6 Å². The van der Waals surface area contributed by atoms with Crippen molar-refractivity contribution in [1.82, 2.24) is 20.0 Å². The Kier molecular flexibility index (Phi) is 7.10. The third-order valence-corrected chi connectivity index (χ3v) is 3.11. The van der Waals surface area contributed by atoms with Gasteiger partial charge in [-0.3, -0.25) is 4.99 Å².